The Bertz CT molecular complexity index is 2260. The van der Waals surface area contributed by atoms with Crippen LogP contribution in [-0.4, -0.2) is 0 Å². The number of rotatable bonds is 9. The van der Waals surface area contributed by atoms with Gasteiger partial charge in [-0.15, -0.1) is 0 Å². The Balaban J connectivity index is 0.00000150. The van der Waals surface area contributed by atoms with E-state index in [9.17, 15) is 0 Å². The molecule has 0 radical (unpaired) electrons. The Morgan fingerprint density at radius 1 is 0.397 bits per heavy atom. The predicted molar refractivity (Wildman–Crippen MR) is 221 cm³/mol. The standard InChI is InChI=1S/C52H52.6W/c1-9-21-50(22-10-2)43-25-33(5)14-18-39(43)41-29-48-42(30-47(41)50)40-20-16-35(27-45(40)51(48,23-11-3)24-12-4)36-15-19-38-37-17-13-34(6)26-44(37)52(46(38)28-36)31-49(7,8)32-52;;;;;;/h13-20,25-30H,1-4,7-12,21-24,31-32H2,5-6H3;;;;;;/q-6;;;;;;. The average Bonchev–Trinajstić information content (AvgIpc) is 3.63. The minimum absolute atomic E-state index is 0. The molecule has 0 saturated heterocycles. The molecule has 1 spiro atoms. The molecule has 0 amide bonds. The second-order valence-corrected chi connectivity index (χ2v) is 17.1. The molecule has 0 aromatic heterocycles. The van der Waals surface area contributed by atoms with Crippen molar-refractivity contribution in [2.75, 3.05) is 0 Å². The average molecular weight is 1780 g/mol. The van der Waals surface area contributed by atoms with Crippen LogP contribution < -0.4 is 0 Å². The summed E-state index contributed by atoms with van der Waals surface area (Å²) in [6.45, 7) is 31.1. The molecule has 0 bridgehead atoms. The van der Waals surface area contributed by atoms with Crippen LogP contribution in [0.4, 0.5) is 0 Å². The third-order valence-corrected chi connectivity index (χ3v) is 13.6. The molecule has 4 aliphatic carbocycles. The van der Waals surface area contributed by atoms with Crippen LogP contribution >= 0.6 is 0 Å². The van der Waals surface area contributed by atoms with Gasteiger partial charge in [0.2, 0.25) is 0 Å². The van der Waals surface area contributed by atoms with Crippen molar-refractivity contribution in [2.45, 2.75) is 94.3 Å². The van der Waals surface area contributed by atoms with Crippen LogP contribution in [0.25, 0.3) is 44.5 Å². The molecule has 5 aromatic rings. The van der Waals surface area contributed by atoms with E-state index >= 15 is 0 Å². The third kappa shape index (κ3) is 7.81. The van der Waals surface area contributed by atoms with Crippen molar-refractivity contribution in [1.82, 2.24) is 0 Å². The molecule has 1 saturated carbocycles. The van der Waals surface area contributed by atoms with E-state index in [4.69, 9.17) is 0 Å². The molecule has 0 N–H and O–H groups in total. The SMILES string of the molecule is [CH2-]CCC1(CC[CH2-])c2cc(C)ccc2-c2cc3c(cc21)-c1ccc(-c2ccc4c(c2)C2(CC([CH2-])([CH2-])C2)c2cc(C)ccc2-4)cc1C3(CC[CH2-])CC[CH2-].[W].[W].[W].[W].[W].[W]. The molecule has 0 unspecified atom stereocenters. The molecule has 1 fully saturated rings. The summed E-state index contributed by atoms with van der Waals surface area (Å²) in [7, 11) is 0. The van der Waals surface area contributed by atoms with Gasteiger partial charge in [0.15, 0.2) is 0 Å². The first-order chi connectivity index (χ1) is 25.0. The summed E-state index contributed by atoms with van der Waals surface area (Å²) in [5.74, 6) is 0. The zero-order chi connectivity index (χ0) is 36.2. The summed E-state index contributed by atoms with van der Waals surface area (Å²) in [5, 5.41) is 0. The summed E-state index contributed by atoms with van der Waals surface area (Å²) >= 11 is 0. The summed E-state index contributed by atoms with van der Waals surface area (Å²) in [5.41, 5.74) is 22.0. The number of hydrogen-bond acceptors (Lipinski definition) is 0. The largest absolute Gasteiger partial charge is 0.367 e. The number of benzene rings is 5. The fourth-order valence-electron chi connectivity index (χ4n) is 11.7. The molecule has 0 nitrogen and oxygen atoms in total. The predicted octanol–water partition coefficient (Wildman–Crippen LogP) is 13.7. The van der Waals surface area contributed by atoms with Gasteiger partial charge in [-0.1, -0.05) is 110 Å². The van der Waals surface area contributed by atoms with Crippen molar-refractivity contribution in [3.63, 3.8) is 0 Å². The van der Waals surface area contributed by atoms with E-state index in [0.717, 1.165) is 64.2 Å². The van der Waals surface area contributed by atoms with Crippen molar-refractivity contribution in [2.24, 2.45) is 5.41 Å². The molecular formula is C52H52W6-6. The number of hydrogen-bond donors (Lipinski definition) is 0. The normalized spacial score (nSPS) is 16.4. The summed E-state index contributed by atoms with van der Waals surface area (Å²) in [4.78, 5) is 0. The van der Waals surface area contributed by atoms with Crippen LogP contribution in [0.1, 0.15) is 109 Å². The van der Waals surface area contributed by atoms with Crippen LogP contribution in [0.2, 0.25) is 0 Å². The smallest absolute Gasteiger partial charge is 0.0167 e. The topological polar surface area (TPSA) is 0 Å². The van der Waals surface area contributed by atoms with Gasteiger partial charge in [0.05, 0.1) is 0 Å². The van der Waals surface area contributed by atoms with E-state index < -0.39 is 0 Å². The first-order valence-corrected chi connectivity index (χ1v) is 19.6. The summed E-state index contributed by atoms with van der Waals surface area (Å²) in [6.07, 6.45) is 9.59. The van der Waals surface area contributed by atoms with Gasteiger partial charge in [0.25, 0.3) is 0 Å². The van der Waals surface area contributed by atoms with E-state index in [-0.39, 0.29) is 148 Å². The Kier molecular flexibility index (Phi) is 17.7. The zero-order valence-corrected chi connectivity index (χ0v) is 51.4. The molecular weight excluding hydrogens is 1730 g/mol. The minimum atomic E-state index is -0.140. The van der Waals surface area contributed by atoms with Crippen LogP contribution in [0.5, 0.6) is 0 Å². The van der Waals surface area contributed by atoms with Crippen molar-refractivity contribution in [1.29, 1.82) is 0 Å². The third-order valence-electron chi connectivity index (χ3n) is 13.6. The van der Waals surface area contributed by atoms with Crippen molar-refractivity contribution in [3.05, 3.63) is 171 Å². The van der Waals surface area contributed by atoms with E-state index in [1.807, 2.05) is 0 Å². The van der Waals surface area contributed by atoms with E-state index in [2.05, 4.69) is 140 Å². The molecule has 5 aromatic carbocycles. The molecule has 58 heavy (non-hydrogen) atoms. The van der Waals surface area contributed by atoms with Crippen molar-refractivity contribution < 1.29 is 126 Å². The zero-order valence-electron chi connectivity index (χ0n) is 33.8. The first kappa shape index (κ1) is 52.6. The van der Waals surface area contributed by atoms with Gasteiger partial charge in [-0.2, -0.15) is 25.7 Å². The van der Waals surface area contributed by atoms with E-state index in [0.29, 0.717) is 0 Å². The fourth-order valence-corrected chi connectivity index (χ4v) is 11.7. The molecule has 6 heteroatoms. The maximum Gasteiger partial charge on any atom is 0.0167 e. The summed E-state index contributed by atoms with van der Waals surface area (Å²) in [6, 6.07) is 33.9. The molecule has 9 rings (SSSR count). The van der Waals surface area contributed by atoms with Gasteiger partial charge < -0.3 is 41.5 Å². The van der Waals surface area contributed by atoms with Crippen molar-refractivity contribution in [3.8, 4) is 44.5 Å². The van der Waals surface area contributed by atoms with Gasteiger partial charge >= 0.3 is 0 Å². The first-order valence-electron chi connectivity index (χ1n) is 19.6. The van der Waals surface area contributed by atoms with E-state index in [1.165, 1.54) is 89.0 Å². The maximum absolute atomic E-state index is 4.49. The van der Waals surface area contributed by atoms with Gasteiger partial charge in [-0.05, 0) is 116 Å². The van der Waals surface area contributed by atoms with E-state index in [1.54, 1.807) is 0 Å². The second-order valence-electron chi connectivity index (χ2n) is 17.1. The number of aryl methyl sites for hydroxylation is 2. The Morgan fingerprint density at radius 3 is 1.10 bits per heavy atom. The second kappa shape index (κ2) is 19.5. The Labute approximate surface area is 436 Å². The maximum atomic E-state index is 4.49. The monoisotopic (exact) mass is 1780 g/mol. The van der Waals surface area contributed by atoms with Crippen LogP contribution in [0.15, 0.2) is 84.9 Å². The van der Waals surface area contributed by atoms with Crippen LogP contribution in [-0.2, 0) is 143 Å². The quantitative estimate of drug-likeness (QED) is 0.129. The Hall–Kier alpha value is 0.230. The molecule has 4 aliphatic rings. The van der Waals surface area contributed by atoms with Gasteiger partial charge in [0, 0.05) is 143 Å². The molecule has 0 heterocycles. The van der Waals surface area contributed by atoms with Gasteiger partial charge in [0.1, 0.15) is 0 Å². The Morgan fingerprint density at radius 2 is 0.707 bits per heavy atom. The fraction of sp³-hybridized carbons (Fsp3) is 0.308. The summed E-state index contributed by atoms with van der Waals surface area (Å²) < 4.78 is 0. The van der Waals surface area contributed by atoms with Crippen LogP contribution in [0.3, 0.4) is 0 Å². The molecule has 0 aliphatic heterocycles. The minimum Gasteiger partial charge on any atom is -0.367 e. The van der Waals surface area contributed by atoms with Gasteiger partial charge in [-0.3, -0.25) is 5.41 Å². The number of fused-ring (bicyclic) bond motifs is 11. The molecule has 0 atom stereocenters. The van der Waals surface area contributed by atoms with Crippen molar-refractivity contribution >= 4 is 0 Å². The van der Waals surface area contributed by atoms with Gasteiger partial charge in [-0.25, -0.2) is 0 Å². The van der Waals surface area contributed by atoms with Crippen LogP contribution in [0, 0.1) is 60.8 Å². The molecule has 302 valence electrons.